The molecule has 1 aliphatic carbocycles. The number of rotatable bonds is 6. The number of benzene rings is 1. The Morgan fingerprint density at radius 1 is 1.11 bits per heavy atom. The van der Waals surface area contributed by atoms with Crippen LogP contribution < -0.4 is 5.32 Å². The third kappa shape index (κ3) is 5.19. The van der Waals surface area contributed by atoms with Crippen LogP contribution in [0.5, 0.6) is 0 Å². The van der Waals surface area contributed by atoms with Gasteiger partial charge < -0.3 is 10.1 Å². The molecule has 0 unspecified atom stereocenters. The molecule has 100 valence electrons. The predicted molar refractivity (Wildman–Crippen MR) is 75.7 cm³/mol. The van der Waals surface area contributed by atoms with Gasteiger partial charge in [0.15, 0.2) is 0 Å². The molecule has 0 radical (unpaired) electrons. The Hall–Kier alpha value is -0.860. The van der Waals surface area contributed by atoms with Gasteiger partial charge >= 0.3 is 0 Å². The van der Waals surface area contributed by atoms with E-state index in [1.54, 1.807) is 0 Å². The Balaban J connectivity index is 1.73. The second-order valence-electron chi connectivity index (χ2n) is 6.20. The average Bonchev–Trinajstić information content (AvgIpc) is 3.11. The summed E-state index contributed by atoms with van der Waals surface area (Å²) in [4.78, 5) is 0. The molecular formula is C16H25NO. The monoisotopic (exact) mass is 247 g/mol. The fourth-order valence-electron chi connectivity index (χ4n) is 1.81. The van der Waals surface area contributed by atoms with Gasteiger partial charge in [0.05, 0.1) is 12.2 Å². The fraction of sp³-hybridized carbons (Fsp3) is 0.625. The SMILES string of the molecule is CC(C)(C)OCc1ccc(CCNC2CC2)cc1. The van der Waals surface area contributed by atoms with E-state index in [1.807, 2.05) is 0 Å². The van der Waals surface area contributed by atoms with Crippen LogP contribution in [0.25, 0.3) is 0 Å². The second kappa shape index (κ2) is 5.85. The molecule has 18 heavy (non-hydrogen) atoms. The third-order valence-corrected chi connectivity index (χ3v) is 3.12. The summed E-state index contributed by atoms with van der Waals surface area (Å²) < 4.78 is 5.76. The molecule has 1 aliphatic rings. The summed E-state index contributed by atoms with van der Waals surface area (Å²) in [6.45, 7) is 8.06. The molecular weight excluding hydrogens is 222 g/mol. The summed E-state index contributed by atoms with van der Waals surface area (Å²) in [5, 5.41) is 3.54. The topological polar surface area (TPSA) is 21.3 Å². The highest BCUT2D eigenvalue weighted by atomic mass is 16.5. The van der Waals surface area contributed by atoms with Crippen molar-refractivity contribution >= 4 is 0 Å². The lowest BCUT2D eigenvalue weighted by atomic mass is 10.1. The van der Waals surface area contributed by atoms with E-state index in [4.69, 9.17) is 4.74 Å². The third-order valence-electron chi connectivity index (χ3n) is 3.12. The van der Waals surface area contributed by atoms with E-state index >= 15 is 0 Å². The zero-order valence-electron chi connectivity index (χ0n) is 11.8. The minimum atomic E-state index is -0.0626. The average molecular weight is 247 g/mol. The summed E-state index contributed by atoms with van der Waals surface area (Å²) in [5.74, 6) is 0. The van der Waals surface area contributed by atoms with Crippen LogP contribution in [0.3, 0.4) is 0 Å². The normalized spacial score (nSPS) is 15.9. The molecule has 1 N–H and O–H groups in total. The number of hydrogen-bond donors (Lipinski definition) is 1. The molecule has 0 bridgehead atoms. The largest absolute Gasteiger partial charge is 0.371 e. The molecule has 0 aromatic heterocycles. The van der Waals surface area contributed by atoms with Crippen molar-refractivity contribution in [2.45, 2.75) is 58.3 Å². The predicted octanol–water partition coefficient (Wildman–Crippen LogP) is 3.30. The van der Waals surface area contributed by atoms with Crippen molar-refractivity contribution in [3.8, 4) is 0 Å². The Morgan fingerprint density at radius 2 is 1.72 bits per heavy atom. The molecule has 1 aromatic carbocycles. The van der Waals surface area contributed by atoms with Gasteiger partial charge in [-0.3, -0.25) is 0 Å². The van der Waals surface area contributed by atoms with Crippen molar-refractivity contribution in [3.63, 3.8) is 0 Å². The molecule has 2 nitrogen and oxygen atoms in total. The highest BCUT2D eigenvalue weighted by Crippen LogP contribution is 2.18. The zero-order chi connectivity index (χ0) is 13.0. The molecule has 0 amide bonds. The van der Waals surface area contributed by atoms with Crippen LogP contribution in [-0.4, -0.2) is 18.2 Å². The first-order valence-electron chi connectivity index (χ1n) is 6.98. The molecule has 1 fully saturated rings. The van der Waals surface area contributed by atoms with Crippen molar-refractivity contribution in [1.82, 2.24) is 5.32 Å². The van der Waals surface area contributed by atoms with Gasteiger partial charge in [-0.2, -0.15) is 0 Å². The van der Waals surface area contributed by atoms with Crippen molar-refractivity contribution in [1.29, 1.82) is 0 Å². The maximum atomic E-state index is 5.76. The highest BCUT2D eigenvalue weighted by molar-refractivity contribution is 5.22. The maximum Gasteiger partial charge on any atom is 0.0724 e. The fourth-order valence-corrected chi connectivity index (χ4v) is 1.81. The molecule has 1 aromatic rings. The highest BCUT2D eigenvalue weighted by Gasteiger charge is 2.19. The second-order valence-corrected chi connectivity index (χ2v) is 6.20. The van der Waals surface area contributed by atoms with E-state index < -0.39 is 0 Å². The van der Waals surface area contributed by atoms with Crippen LogP contribution in [-0.2, 0) is 17.8 Å². The van der Waals surface area contributed by atoms with Crippen molar-refractivity contribution in [3.05, 3.63) is 35.4 Å². The van der Waals surface area contributed by atoms with E-state index in [1.165, 1.54) is 24.0 Å². The summed E-state index contributed by atoms with van der Waals surface area (Å²) >= 11 is 0. The first-order valence-corrected chi connectivity index (χ1v) is 6.98. The summed E-state index contributed by atoms with van der Waals surface area (Å²) in [6, 6.07) is 9.60. The molecule has 0 heterocycles. The van der Waals surface area contributed by atoms with Crippen LogP contribution >= 0.6 is 0 Å². The molecule has 0 spiro atoms. The quantitative estimate of drug-likeness (QED) is 0.833. The summed E-state index contributed by atoms with van der Waals surface area (Å²) in [7, 11) is 0. The Bertz CT molecular complexity index is 360. The minimum absolute atomic E-state index is 0.0626. The van der Waals surface area contributed by atoms with Crippen molar-refractivity contribution in [2.24, 2.45) is 0 Å². The number of ether oxygens (including phenoxy) is 1. The number of hydrogen-bond acceptors (Lipinski definition) is 2. The lowest BCUT2D eigenvalue weighted by molar-refractivity contribution is -0.0149. The van der Waals surface area contributed by atoms with Gasteiger partial charge in [-0.15, -0.1) is 0 Å². The molecule has 2 rings (SSSR count). The smallest absolute Gasteiger partial charge is 0.0724 e. The molecule has 0 aliphatic heterocycles. The maximum absolute atomic E-state index is 5.76. The van der Waals surface area contributed by atoms with E-state index in [2.05, 4.69) is 50.4 Å². The molecule has 0 saturated heterocycles. The Labute approximate surface area is 111 Å². The van der Waals surface area contributed by atoms with E-state index in [-0.39, 0.29) is 5.60 Å². The standard InChI is InChI=1S/C16H25NO/c1-16(2,3)18-12-14-6-4-13(5-7-14)10-11-17-15-8-9-15/h4-7,15,17H,8-12H2,1-3H3. The van der Waals surface area contributed by atoms with E-state index in [0.717, 1.165) is 19.0 Å². The molecule has 1 saturated carbocycles. The summed E-state index contributed by atoms with van der Waals surface area (Å²) in [5.41, 5.74) is 2.60. The van der Waals surface area contributed by atoms with Gasteiger partial charge in [0.1, 0.15) is 0 Å². The van der Waals surface area contributed by atoms with Crippen molar-refractivity contribution < 1.29 is 4.74 Å². The van der Waals surface area contributed by atoms with E-state index in [9.17, 15) is 0 Å². The van der Waals surface area contributed by atoms with Crippen molar-refractivity contribution in [2.75, 3.05) is 6.54 Å². The minimum Gasteiger partial charge on any atom is -0.371 e. The van der Waals surface area contributed by atoms with Crippen LogP contribution in [0.1, 0.15) is 44.7 Å². The van der Waals surface area contributed by atoms with Crippen LogP contribution in [0.15, 0.2) is 24.3 Å². The van der Waals surface area contributed by atoms with Crippen LogP contribution in [0.2, 0.25) is 0 Å². The Kier molecular flexibility index (Phi) is 4.41. The van der Waals surface area contributed by atoms with Gasteiger partial charge in [-0.05, 0) is 57.7 Å². The lowest BCUT2D eigenvalue weighted by Crippen LogP contribution is -2.19. The zero-order valence-corrected chi connectivity index (χ0v) is 11.8. The van der Waals surface area contributed by atoms with E-state index in [0.29, 0.717) is 6.61 Å². The number of nitrogens with one attached hydrogen (secondary N) is 1. The van der Waals surface area contributed by atoms with Crippen LogP contribution in [0.4, 0.5) is 0 Å². The van der Waals surface area contributed by atoms with Gasteiger partial charge in [0.2, 0.25) is 0 Å². The first kappa shape index (κ1) is 13.6. The Morgan fingerprint density at radius 3 is 2.28 bits per heavy atom. The van der Waals surface area contributed by atoms with Gasteiger partial charge in [0, 0.05) is 6.04 Å². The molecule has 2 heteroatoms. The van der Waals surface area contributed by atoms with Gasteiger partial charge in [-0.25, -0.2) is 0 Å². The van der Waals surface area contributed by atoms with Gasteiger partial charge in [-0.1, -0.05) is 24.3 Å². The summed E-state index contributed by atoms with van der Waals surface area (Å²) in [6.07, 6.45) is 3.85. The van der Waals surface area contributed by atoms with Gasteiger partial charge in [0.25, 0.3) is 0 Å². The van der Waals surface area contributed by atoms with Crippen LogP contribution in [0, 0.1) is 0 Å². The lowest BCUT2D eigenvalue weighted by Gasteiger charge is -2.19. The molecule has 0 atom stereocenters. The first-order chi connectivity index (χ1) is 8.53.